The van der Waals surface area contributed by atoms with E-state index in [4.69, 9.17) is 15.0 Å². The van der Waals surface area contributed by atoms with Crippen LogP contribution in [-0.2, 0) is 0 Å². The van der Waals surface area contributed by atoms with Crippen LogP contribution >= 0.6 is 11.3 Å². The summed E-state index contributed by atoms with van der Waals surface area (Å²) in [6.07, 6.45) is 3.70. The van der Waals surface area contributed by atoms with Crippen molar-refractivity contribution in [1.29, 1.82) is 0 Å². The van der Waals surface area contributed by atoms with Crippen molar-refractivity contribution < 1.29 is 0 Å². The van der Waals surface area contributed by atoms with Crippen molar-refractivity contribution in [3.63, 3.8) is 0 Å². The molecule has 11 aromatic carbocycles. The van der Waals surface area contributed by atoms with Gasteiger partial charge in [0.1, 0.15) is 0 Å². The van der Waals surface area contributed by atoms with Crippen LogP contribution in [0.25, 0.3) is 142 Å². The smallest absolute Gasteiger partial charge is 0.165 e. The predicted molar refractivity (Wildman–Crippen MR) is 291 cm³/mol. The third-order valence-electron chi connectivity index (χ3n) is 13.8. The zero-order chi connectivity index (χ0) is 45.4. The summed E-state index contributed by atoms with van der Waals surface area (Å²) in [7, 11) is 0. The largest absolute Gasteiger partial charge is 0.264 e. The predicted octanol–water partition coefficient (Wildman–Crippen LogP) is 17.4. The normalized spacial score (nSPS) is 11.8. The van der Waals surface area contributed by atoms with Gasteiger partial charge in [0.05, 0.1) is 0 Å². The molecule has 14 rings (SSSR count). The van der Waals surface area contributed by atoms with E-state index in [0.29, 0.717) is 17.5 Å². The van der Waals surface area contributed by atoms with Gasteiger partial charge in [0.25, 0.3) is 0 Å². The third-order valence-corrected chi connectivity index (χ3v) is 15.0. The van der Waals surface area contributed by atoms with Gasteiger partial charge in [0.15, 0.2) is 17.5 Å². The van der Waals surface area contributed by atoms with Crippen LogP contribution in [0.15, 0.2) is 231 Å². The maximum atomic E-state index is 5.52. The average Bonchev–Trinajstić information content (AvgIpc) is 3.82. The van der Waals surface area contributed by atoms with Crippen molar-refractivity contribution in [3.05, 3.63) is 231 Å². The van der Waals surface area contributed by atoms with Crippen LogP contribution in [0.1, 0.15) is 0 Å². The number of hydrogen-bond acceptors (Lipinski definition) is 5. The first-order chi connectivity index (χ1) is 34.2. The molecule has 14 aromatic rings. The van der Waals surface area contributed by atoms with E-state index in [1.165, 1.54) is 69.3 Å². The number of benzene rings is 11. The number of fused-ring (bicyclic) bond motifs is 11. The number of thiophene rings is 1. The molecule has 0 spiro atoms. The standard InChI is InChI=1S/C64H38N4S/c1-6-19-50-40(13-1)30-31-59-60(50)55-24-11-25-56(61(55)69-59)64-67-62(41-28-26-39(27-29-41)44-16-12-32-65-38-44)66-63(68-64)47-34-45(57-36-42-14-2-4-17-48(42)51-20-7-9-22-53(51)57)33-46(35-47)58-37-43-15-3-5-18-49(43)52-21-8-10-23-54(52)58/h1-38H. The van der Waals surface area contributed by atoms with E-state index in [-0.39, 0.29) is 0 Å². The second-order valence-corrected chi connectivity index (χ2v) is 18.8. The molecule has 0 radical (unpaired) electrons. The molecule has 0 aliphatic heterocycles. The Kier molecular flexibility index (Phi) is 9.04. The third kappa shape index (κ3) is 6.58. The molecule has 0 unspecified atom stereocenters. The molecule has 320 valence electrons. The highest BCUT2D eigenvalue weighted by atomic mass is 32.1. The Labute approximate surface area is 401 Å². The van der Waals surface area contributed by atoms with Gasteiger partial charge < -0.3 is 0 Å². The van der Waals surface area contributed by atoms with Crippen LogP contribution in [0.4, 0.5) is 0 Å². The Bertz CT molecular complexity index is 4230. The molecule has 0 N–H and O–H groups in total. The molecular formula is C64H38N4S. The van der Waals surface area contributed by atoms with Gasteiger partial charge in [-0.05, 0) is 136 Å². The van der Waals surface area contributed by atoms with Gasteiger partial charge in [0.2, 0.25) is 0 Å². The van der Waals surface area contributed by atoms with Crippen molar-refractivity contribution in [2.45, 2.75) is 0 Å². The highest BCUT2D eigenvalue weighted by Crippen LogP contribution is 2.45. The Morgan fingerprint density at radius 2 is 0.812 bits per heavy atom. The maximum Gasteiger partial charge on any atom is 0.165 e. The summed E-state index contributed by atoms with van der Waals surface area (Å²) in [5.74, 6) is 1.84. The fraction of sp³-hybridized carbons (Fsp3) is 0. The van der Waals surface area contributed by atoms with Crippen LogP contribution in [0.5, 0.6) is 0 Å². The zero-order valence-electron chi connectivity index (χ0n) is 37.1. The fourth-order valence-electron chi connectivity index (χ4n) is 10.5. The first kappa shape index (κ1) is 39.3. The van der Waals surface area contributed by atoms with Crippen molar-refractivity contribution in [2.24, 2.45) is 0 Å². The summed E-state index contributed by atoms with van der Waals surface area (Å²) in [5.41, 5.74) is 9.40. The average molecular weight is 895 g/mol. The number of rotatable bonds is 6. The minimum atomic E-state index is 0.605. The van der Waals surface area contributed by atoms with Crippen LogP contribution < -0.4 is 0 Å². The topological polar surface area (TPSA) is 51.6 Å². The van der Waals surface area contributed by atoms with Crippen LogP contribution in [0.3, 0.4) is 0 Å². The number of hydrogen-bond donors (Lipinski definition) is 0. The van der Waals surface area contributed by atoms with Gasteiger partial charge in [-0.25, -0.2) is 15.0 Å². The lowest BCUT2D eigenvalue weighted by atomic mass is 9.88. The Morgan fingerprint density at radius 1 is 0.290 bits per heavy atom. The lowest BCUT2D eigenvalue weighted by molar-refractivity contribution is 1.08. The number of nitrogens with zero attached hydrogens (tertiary/aromatic N) is 4. The Balaban J connectivity index is 1.05. The molecule has 0 aliphatic rings. The van der Waals surface area contributed by atoms with Gasteiger partial charge >= 0.3 is 0 Å². The SMILES string of the molecule is c1cncc(-c2ccc(-c3nc(-c4cc(-c5cc6ccccc6c6ccccc56)cc(-c5cc6ccccc6c6ccccc56)c4)nc(-c4cccc5c4sc4ccc6ccccc6c45)n3)cc2)c1. The van der Waals surface area contributed by atoms with Crippen molar-refractivity contribution in [3.8, 4) is 67.5 Å². The highest BCUT2D eigenvalue weighted by molar-refractivity contribution is 7.26. The fourth-order valence-corrected chi connectivity index (χ4v) is 11.7. The quantitative estimate of drug-likeness (QED) is 0.156. The molecule has 5 heteroatoms. The molecule has 0 saturated carbocycles. The summed E-state index contributed by atoms with van der Waals surface area (Å²) >= 11 is 1.80. The molecule has 0 fully saturated rings. The molecule has 0 aliphatic carbocycles. The number of pyridine rings is 1. The molecule has 0 bridgehead atoms. The highest BCUT2D eigenvalue weighted by Gasteiger charge is 2.21. The molecular weight excluding hydrogens is 857 g/mol. The lowest BCUT2D eigenvalue weighted by Gasteiger charge is -2.16. The van der Waals surface area contributed by atoms with E-state index in [2.05, 4.69) is 217 Å². The minimum absolute atomic E-state index is 0.605. The van der Waals surface area contributed by atoms with E-state index in [1.807, 2.05) is 12.3 Å². The lowest BCUT2D eigenvalue weighted by Crippen LogP contribution is -2.01. The Morgan fingerprint density at radius 3 is 1.45 bits per heavy atom. The molecule has 69 heavy (non-hydrogen) atoms. The summed E-state index contributed by atoms with van der Waals surface area (Å²) in [6.45, 7) is 0. The number of aromatic nitrogens is 4. The van der Waals surface area contributed by atoms with Crippen LogP contribution in [0.2, 0.25) is 0 Å². The first-order valence-electron chi connectivity index (χ1n) is 23.3. The first-order valence-corrected chi connectivity index (χ1v) is 24.1. The van der Waals surface area contributed by atoms with Gasteiger partial charge in [0, 0.05) is 49.3 Å². The van der Waals surface area contributed by atoms with Gasteiger partial charge in [-0.15, -0.1) is 11.3 Å². The monoisotopic (exact) mass is 894 g/mol. The van der Waals surface area contributed by atoms with E-state index in [0.717, 1.165) is 54.8 Å². The molecule has 0 atom stereocenters. The maximum absolute atomic E-state index is 5.52. The van der Waals surface area contributed by atoms with Crippen molar-refractivity contribution >= 4 is 85.4 Å². The van der Waals surface area contributed by atoms with Crippen LogP contribution in [-0.4, -0.2) is 19.9 Å². The zero-order valence-corrected chi connectivity index (χ0v) is 38.0. The second-order valence-electron chi connectivity index (χ2n) is 17.8. The minimum Gasteiger partial charge on any atom is -0.264 e. The summed E-state index contributed by atoms with van der Waals surface area (Å²) in [4.78, 5) is 20.7. The molecule has 4 nitrogen and oxygen atoms in total. The second kappa shape index (κ2) is 15.9. The molecule has 0 saturated heterocycles. The Hall–Kier alpha value is -8.90. The molecule has 3 aromatic heterocycles. The van der Waals surface area contributed by atoms with E-state index in [9.17, 15) is 0 Å². The summed E-state index contributed by atoms with van der Waals surface area (Å²) in [5, 5.41) is 14.6. The van der Waals surface area contributed by atoms with Crippen molar-refractivity contribution in [1.82, 2.24) is 19.9 Å². The van der Waals surface area contributed by atoms with E-state index < -0.39 is 0 Å². The molecule has 3 heterocycles. The summed E-state index contributed by atoms with van der Waals surface area (Å²) in [6, 6.07) is 78.7. The van der Waals surface area contributed by atoms with Crippen LogP contribution in [0, 0.1) is 0 Å². The van der Waals surface area contributed by atoms with Gasteiger partial charge in [-0.1, -0.05) is 170 Å². The van der Waals surface area contributed by atoms with Gasteiger partial charge in [-0.3, -0.25) is 4.98 Å². The van der Waals surface area contributed by atoms with E-state index in [1.54, 1.807) is 17.5 Å². The van der Waals surface area contributed by atoms with E-state index >= 15 is 0 Å². The molecule has 0 amide bonds. The van der Waals surface area contributed by atoms with Gasteiger partial charge in [-0.2, -0.15) is 0 Å². The van der Waals surface area contributed by atoms with Crippen molar-refractivity contribution in [2.75, 3.05) is 0 Å². The summed E-state index contributed by atoms with van der Waals surface area (Å²) < 4.78 is 2.39.